The molecule has 0 aromatic carbocycles. The van der Waals surface area contributed by atoms with E-state index < -0.39 is 0 Å². The summed E-state index contributed by atoms with van der Waals surface area (Å²) in [6.07, 6.45) is 3.62. The Bertz CT molecular complexity index is 379. The number of halogens is 1. The number of hydrogen-bond acceptors (Lipinski definition) is 3. The number of amides is 1. The lowest BCUT2D eigenvalue weighted by molar-refractivity contribution is 0.0916. The molecule has 5 nitrogen and oxygen atoms in total. The third-order valence-electron chi connectivity index (χ3n) is 3.01. The molecule has 1 amide bonds. The largest absolute Gasteiger partial charge is 0.348 e. The standard InChI is InChI=1S/C11H18N4O.ClH/c1-8-7-9(3-5-12-8)14-11(16)10-4-6-13-15(10)2;/h4,6,8-9,12H,3,5,7H2,1-2H3,(H,14,16);1H. The van der Waals surface area contributed by atoms with Gasteiger partial charge in [0.15, 0.2) is 0 Å². The number of carbonyl (C=O) groups excluding carboxylic acids is 1. The summed E-state index contributed by atoms with van der Waals surface area (Å²) in [5, 5.41) is 10.4. The van der Waals surface area contributed by atoms with Gasteiger partial charge in [-0.05, 0) is 32.4 Å². The molecule has 1 aromatic heterocycles. The molecule has 1 aliphatic rings. The van der Waals surface area contributed by atoms with E-state index in [4.69, 9.17) is 0 Å². The van der Waals surface area contributed by atoms with Crippen molar-refractivity contribution in [3.8, 4) is 0 Å². The van der Waals surface area contributed by atoms with Gasteiger partial charge in [-0.25, -0.2) is 0 Å². The van der Waals surface area contributed by atoms with Crippen molar-refractivity contribution in [3.63, 3.8) is 0 Å². The highest BCUT2D eigenvalue weighted by Crippen LogP contribution is 2.09. The predicted octanol–water partition coefficient (Wildman–Crippen LogP) is 0.712. The van der Waals surface area contributed by atoms with Gasteiger partial charge < -0.3 is 10.6 Å². The molecule has 1 aromatic rings. The van der Waals surface area contributed by atoms with Crippen LogP contribution in [0.5, 0.6) is 0 Å². The Kier molecular flexibility index (Phi) is 4.96. The van der Waals surface area contributed by atoms with Crippen molar-refractivity contribution in [2.24, 2.45) is 7.05 Å². The summed E-state index contributed by atoms with van der Waals surface area (Å²) in [5.41, 5.74) is 0.617. The second-order valence-electron chi connectivity index (χ2n) is 4.39. The SMILES string of the molecule is CC1CC(NC(=O)c2ccnn2C)CCN1.Cl. The highest BCUT2D eigenvalue weighted by Gasteiger charge is 2.21. The molecule has 0 radical (unpaired) electrons. The van der Waals surface area contributed by atoms with Crippen LogP contribution in [0.15, 0.2) is 12.3 Å². The van der Waals surface area contributed by atoms with Crippen molar-refractivity contribution < 1.29 is 4.79 Å². The van der Waals surface area contributed by atoms with Gasteiger partial charge in [0.25, 0.3) is 5.91 Å². The lowest BCUT2D eigenvalue weighted by atomic mass is 10.0. The van der Waals surface area contributed by atoms with Gasteiger partial charge in [0.05, 0.1) is 0 Å². The molecule has 2 heterocycles. The molecule has 1 saturated heterocycles. The van der Waals surface area contributed by atoms with Crippen LogP contribution in [0.4, 0.5) is 0 Å². The number of carbonyl (C=O) groups is 1. The van der Waals surface area contributed by atoms with Crippen LogP contribution in [0, 0.1) is 0 Å². The molecule has 0 bridgehead atoms. The van der Waals surface area contributed by atoms with Crippen LogP contribution in [0.25, 0.3) is 0 Å². The minimum atomic E-state index is -0.0286. The van der Waals surface area contributed by atoms with E-state index in [0.29, 0.717) is 11.7 Å². The molecule has 0 saturated carbocycles. The van der Waals surface area contributed by atoms with Crippen molar-refractivity contribution in [1.29, 1.82) is 0 Å². The molecule has 2 rings (SSSR count). The number of nitrogens with one attached hydrogen (secondary N) is 2. The molecule has 2 unspecified atom stereocenters. The van der Waals surface area contributed by atoms with E-state index >= 15 is 0 Å². The molecule has 17 heavy (non-hydrogen) atoms. The first-order chi connectivity index (χ1) is 7.66. The van der Waals surface area contributed by atoms with Gasteiger partial charge in [0.2, 0.25) is 0 Å². The fourth-order valence-corrected chi connectivity index (χ4v) is 2.12. The van der Waals surface area contributed by atoms with Crippen molar-refractivity contribution in [3.05, 3.63) is 18.0 Å². The quantitative estimate of drug-likeness (QED) is 0.822. The van der Waals surface area contributed by atoms with Crippen LogP contribution in [0.2, 0.25) is 0 Å². The number of nitrogens with zero attached hydrogens (tertiary/aromatic N) is 2. The zero-order valence-electron chi connectivity index (χ0n) is 10.1. The normalized spacial score (nSPS) is 23.9. The zero-order chi connectivity index (χ0) is 11.5. The lowest BCUT2D eigenvalue weighted by Gasteiger charge is -2.28. The number of aromatic nitrogens is 2. The highest BCUT2D eigenvalue weighted by molar-refractivity contribution is 5.92. The van der Waals surface area contributed by atoms with Crippen LogP contribution in [-0.4, -0.2) is 34.3 Å². The van der Waals surface area contributed by atoms with E-state index in [9.17, 15) is 4.79 Å². The van der Waals surface area contributed by atoms with Gasteiger partial charge in [0, 0.05) is 25.3 Å². The number of aryl methyl sites for hydroxylation is 1. The van der Waals surface area contributed by atoms with Crippen LogP contribution in [0.1, 0.15) is 30.3 Å². The van der Waals surface area contributed by atoms with E-state index in [0.717, 1.165) is 19.4 Å². The maximum Gasteiger partial charge on any atom is 0.269 e. The summed E-state index contributed by atoms with van der Waals surface area (Å²) in [4.78, 5) is 11.9. The van der Waals surface area contributed by atoms with E-state index in [-0.39, 0.29) is 24.4 Å². The summed E-state index contributed by atoms with van der Waals surface area (Å²) in [7, 11) is 1.78. The molecule has 1 fully saturated rings. The first-order valence-electron chi connectivity index (χ1n) is 5.69. The Morgan fingerprint density at radius 2 is 2.41 bits per heavy atom. The maximum atomic E-state index is 11.9. The number of rotatable bonds is 2. The van der Waals surface area contributed by atoms with Gasteiger partial charge in [-0.2, -0.15) is 5.10 Å². The fourth-order valence-electron chi connectivity index (χ4n) is 2.12. The van der Waals surface area contributed by atoms with Gasteiger partial charge in [-0.1, -0.05) is 0 Å². The van der Waals surface area contributed by atoms with Crippen LogP contribution in [0.3, 0.4) is 0 Å². The Labute approximate surface area is 107 Å². The minimum absolute atomic E-state index is 0. The van der Waals surface area contributed by atoms with E-state index in [2.05, 4.69) is 22.7 Å². The molecule has 1 aliphatic heterocycles. The summed E-state index contributed by atoms with van der Waals surface area (Å²) >= 11 is 0. The van der Waals surface area contributed by atoms with Gasteiger partial charge >= 0.3 is 0 Å². The average molecular weight is 259 g/mol. The molecule has 0 spiro atoms. The molecule has 2 atom stereocenters. The van der Waals surface area contributed by atoms with Gasteiger partial charge in [-0.15, -0.1) is 12.4 Å². The monoisotopic (exact) mass is 258 g/mol. The first-order valence-corrected chi connectivity index (χ1v) is 5.69. The molecule has 6 heteroatoms. The summed E-state index contributed by atoms with van der Waals surface area (Å²) in [6.45, 7) is 3.11. The topological polar surface area (TPSA) is 59.0 Å². The van der Waals surface area contributed by atoms with Crippen molar-refractivity contribution >= 4 is 18.3 Å². The second-order valence-corrected chi connectivity index (χ2v) is 4.39. The Balaban J connectivity index is 0.00000144. The highest BCUT2D eigenvalue weighted by atomic mass is 35.5. The maximum absolute atomic E-state index is 11.9. The molecule has 0 aliphatic carbocycles. The van der Waals surface area contributed by atoms with Crippen molar-refractivity contribution in [2.75, 3.05) is 6.54 Å². The molecule has 2 N–H and O–H groups in total. The summed E-state index contributed by atoms with van der Waals surface area (Å²) in [6, 6.07) is 2.49. The van der Waals surface area contributed by atoms with Crippen molar-refractivity contribution in [2.45, 2.75) is 31.8 Å². The molecule has 96 valence electrons. The third-order valence-corrected chi connectivity index (χ3v) is 3.01. The van der Waals surface area contributed by atoms with Crippen molar-refractivity contribution in [1.82, 2.24) is 20.4 Å². The smallest absolute Gasteiger partial charge is 0.269 e. The van der Waals surface area contributed by atoms with Crippen LogP contribution < -0.4 is 10.6 Å². The Morgan fingerprint density at radius 3 is 3.00 bits per heavy atom. The Hall–Kier alpha value is -1.07. The van der Waals surface area contributed by atoms with E-state index in [1.54, 1.807) is 24.0 Å². The third kappa shape index (κ3) is 3.44. The lowest BCUT2D eigenvalue weighted by Crippen LogP contribution is -2.46. The fraction of sp³-hybridized carbons (Fsp3) is 0.636. The summed E-state index contributed by atoms with van der Waals surface area (Å²) in [5.74, 6) is -0.0286. The van der Waals surface area contributed by atoms with E-state index in [1.807, 2.05) is 0 Å². The summed E-state index contributed by atoms with van der Waals surface area (Å²) < 4.78 is 1.60. The molecular weight excluding hydrogens is 240 g/mol. The Morgan fingerprint density at radius 1 is 1.65 bits per heavy atom. The van der Waals surface area contributed by atoms with Crippen LogP contribution >= 0.6 is 12.4 Å². The van der Waals surface area contributed by atoms with Crippen LogP contribution in [-0.2, 0) is 7.05 Å². The first kappa shape index (κ1) is 14.0. The second kappa shape index (κ2) is 6.02. The average Bonchev–Trinajstić information content (AvgIpc) is 2.64. The zero-order valence-corrected chi connectivity index (χ0v) is 11.0. The molecular formula is C11H19ClN4O. The number of piperidine rings is 1. The van der Waals surface area contributed by atoms with E-state index in [1.165, 1.54) is 0 Å². The minimum Gasteiger partial charge on any atom is -0.348 e. The van der Waals surface area contributed by atoms with Gasteiger partial charge in [0.1, 0.15) is 5.69 Å². The van der Waals surface area contributed by atoms with Gasteiger partial charge in [-0.3, -0.25) is 9.48 Å². The number of hydrogen-bond donors (Lipinski definition) is 2. The predicted molar refractivity (Wildman–Crippen MR) is 68.4 cm³/mol.